The minimum Gasteiger partial charge on any atom is -0.103 e. The summed E-state index contributed by atoms with van der Waals surface area (Å²) in [6.45, 7) is 11.2. The van der Waals surface area contributed by atoms with Crippen molar-refractivity contribution in [1.29, 1.82) is 0 Å². The Balaban J connectivity index is 2.28. The first-order valence-corrected chi connectivity index (χ1v) is 6.85. The van der Waals surface area contributed by atoms with Crippen molar-refractivity contribution in [1.82, 2.24) is 0 Å². The maximum Gasteiger partial charge on any atom is -0.0136 e. The fraction of sp³-hybridized carbons (Fsp3) is 0.750. The highest BCUT2D eigenvalue weighted by atomic mass is 14.5. The molecule has 16 heavy (non-hydrogen) atoms. The van der Waals surface area contributed by atoms with Gasteiger partial charge in [0.25, 0.3) is 0 Å². The van der Waals surface area contributed by atoms with Crippen molar-refractivity contribution in [3.05, 3.63) is 23.8 Å². The zero-order valence-electron chi connectivity index (χ0n) is 11.2. The lowest BCUT2D eigenvalue weighted by molar-refractivity contribution is 0.0764. The molecule has 2 aliphatic carbocycles. The van der Waals surface area contributed by atoms with Gasteiger partial charge in [0.2, 0.25) is 0 Å². The normalized spacial score (nSPS) is 33.4. The second-order valence-electron chi connectivity index (χ2n) is 6.43. The maximum absolute atomic E-state index is 3.93. The third-order valence-electron chi connectivity index (χ3n) is 5.02. The minimum absolute atomic E-state index is 0.566. The first-order chi connectivity index (χ1) is 7.56. The highest BCUT2D eigenvalue weighted by molar-refractivity contribution is 5.23. The summed E-state index contributed by atoms with van der Waals surface area (Å²) in [6, 6.07) is 0. The molecule has 90 valence electrons. The SMILES string of the molecule is C=CCC1=C(C)CCC2C1CCCC2(C)C. The van der Waals surface area contributed by atoms with Gasteiger partial charge in [0.05, 0.1) is 0 Å². The van der Waals surface area contributed by atoms with E-state index in [0.717, 1.165) is 18.3 Å². The van der Waals surface area contributed by atoms with Crippen molar-refractivity contribution in [3.63, 3.8) is 0 Å². The van der Waals surface area contributed by atoms with E-state index in [9.17, 15) is 0 Å². The van der Waals surface area contributed by atoms with Crippen LogP contribution in [0.25, 0.3) is 0 Å². The van der Waals surface area contributed by atoms with Crippen LogP contribution < -0.4 is 0 Å². The summed E-state index contributed by atoms with van der Waals surface area (Å²) in [7, 11) is 0. The number of rotatable bonds is 2. The average Bonchev–Trinajstić information content (AvgIpc) is 2.22. The molecule has 0 aliphatic heterocycles. The van der Waals surface area contributed by atoms with Gasteiger partial charge in [-0.05, 0) is 56.3 Å². The first-order valence-electron chi connectivity index (χ1n) is 6.85. The van der Waals surface area contributed by atoms with Gasteiger partial charge in [-0.3, -0.25) is 0 Å². The molecule has 2 unspecified atom stereocenters. The highest BCUT2D eigenvalue weighted by Crippen LogP contribution is 2.52. The van der Waals surface area contributed by atoms with E-state index in [1.54, 1.807) is 11.1 Å². The second-order valence-corrected chi connectivity index (χ2v) is 6.43. The summed E-state index contributed by atoms with van der Waals surface area (Å²) in [5.41, 5.74) is 3.97. The van der Waals surface area contributed by atoms with Crippen LogP contribution in [0, 0.1) is 17.3 Å². The molecule has 0 heteroatoms. The molecule has 2 atom stereocenters. The average molecular weight is 218 g/mol. The molecule has 0 radical (unpaired) electrons. The van der Waals surface area contributed by atoms with Crippen LogP contribution in [0.2, 0.25) is 0 Å². The van der Waals surface area contributed by atoms with Crippen molar-refractivity contribution in [3.8, 4) is 0 Å². The summed E-state index contributed by atoms with van der Waals surface area (Å²) >= 11 is 0. The second kappa shape index (κ2) is 4.39. The quantitative estimate of drug-likeness (QED) is 0.565. The molecule has 0 spiro atoms. The van der Waals surface area contributed by atoms with Crippen LogP contribution in [0.4, 0.5) is 0 Å². The lowest BCUT2D eigenvalue weighted by Gasteiger charge is -2.48. The summed E-state index contributed by atoms with van der Waals surface area (Å²) in [6.07, 6.45) is 10.2. The topological polar surface area (TPSA) is 0 Å². The van der Waals surface area contributed by atoms with E-state index in [0.29, 0.717) is 5.41 Å². The van der Waals surface area contributed by atoms with E-state index < -0.39 is 0 Å². The van der Waals surface area contributed by atoms with Gasteiger partial charge in [0.15, 0.2) is 0 Å². The van der Waals surface area contributed by atoms with Crippen LogP contribution in [0.5, 0.6) is 0 Å². The van der Waals surface area contributed by atoms with Gasteiger partial charge in [0.1, 0.15) is 0 Å². The smallest absolute Gasteiger partial charge is 0.0136 e. The van der Waals surface area contributed by atoms with Crippen molar-refractivity contribution in [2.45, 2.75) is 59.3 Å². The van der Waals surface area contributed by atoms with Crippen LogP contribution in [0.3, 0.4) is 0 Å². The molecule has 0 N–H and O–H groups in total. The Labute approximate surface area is 101 Å². The van der Waals surface area contributed by atoms with Gasteiger partial charge in [-0.15, -0.1) is 6.58 Å². The Kier molecular flexibility index (Phi) is 3.28. The number of allylic oxidation sites excluding steroid dienone is 3. The third-order valence-corrected chi connectivity index (χ3v) is 5.02. The van der Waals surface area contributed by atoms with Crippen molar-refractivity contribution >= 4 is 0 Å². The van der Waals surface area contributed by atoms with E-state index in [2.05, 4.69) is 33.4 Å². The Morgan fingerprint density at radius 2 is 2.12 bits per heavy atom. The fourth-order valence-electron chi connectivity index (χ4n) is 4.05. The Morgan fingerprint density at radius 3 is 2.81 bits per heavy atom. The molecule has 0 saturated heterocycles. The molecule has 0 aromatic heterocycles. The molecule has 0 aromatic carbocycles. The van der Waals surface area contributed by atoms with Gasteiger partial charge in [-0.1, -0.05) is 37.5 Å². The van der Waals surface area contributed by atoms with E-state index in [1.165, 1.54) is 32.1 Å². The molecule has 0 bridgehead atoms. The monoisotopic (exact) mass is 218 g/mol. The zero-order valence-corrected chi connectivity index (χ0v) is 11.2. The third kappa shape index (κ3) is 1.99. The van der Waals surface area contributed by atoms with E-state index in [-0.39, 0.29) is 0 Å². The van der Waals surface area contributed by atoms with Gasteiger partial charge in [-0.2, -0.15) is 0 Å². The number of hydrogen-bond donors (Lipinski definition) is 0. The molecule has 0 amide bonds. The number of fused-ring (bicyclic) bond motifs is 1. The summed E-state index contributed by atoms with van der Waals surface area (Å²) < 4.78 is 0. The van der Waals surface area contributed by atoms with Crippen molar-refractivity contribution in [2.75, 3.05) is 0 Å². The Bertz CT molecular complexity index is 306. The van der Waals surface area contributed by atoms with Crippen LogP contribution in [-0.4, -0.2) is 0 Å². The molecule has 0 nitrogen and oxygen atoms in total. The summed E-state index contributed by atoms with van der Waals surface area (Å²) in [4.78, 5) is 0. The van der Waals surface area contributed by atoms with Crippen LogP contribution in [0.1, 0.15) is 59.3 Å². The van der Waals surface area contributed by atoms with Gasteiger partial charge >= 0.3 is 0 Å². The van der Waals surface area contributed by atoms with E-state index in [1.807, 2.05) is 0 Å². The van der Waals surface area contributed by atoms with Gasteiger partial charge in [-0.25, -0.2) is 0 Å². The number of hydrogen-bond acceptors (Lipinski definition) is 0. The van der Waals surface area contributed by atoms with Gasteiger partial charge in [0, 0.05) is 0 Å². The Hall–Kier alpha value is -0.520. The molecule has 1 saturated carbocycles. The van der Waals surface area contributed by atoms with E-state index >= 15 is 0 Å². The van der Waals surface area contributed by atoms with Gasteiger partial charge < -0.3 is 0 Å². The van der Waals surface area contributed by atoms with Crippen molar-refractivity contribution in [2.24, 2.45) is 17.3 Å². The van der Waals surface area contributed by atoms with Crippen LogP contribution in [0.15, 0.2) is 23.8 Å². The summed E-state index contributed by atoms with van der Waals surface area (Å²) in [5.74, 6) is 1.80. The first kappa shape index (κ1) is 12.0. The molecule has 2 aliphatic rings. The van der Waals surface area contributed by atoms with E-state index in [4.69, 9.17) is 0 Å². The predicted octanol–water partition coefficient (Wildman–Crippen LogP) is 5.12. The predicted molar refractivity (Wildman–Crippen MR) is 71.4 cm³/mol. The summed E-state index contributed by atoms with van der Waals surface area (Å²) in [5, 5.41) is 0. The molecule has 0 aromatic rings. The largest absolute Gasteiger partial charge is 0.103 e. The minimum atomic E-state index is 0.566. The highest BCUT2D eigenvalue weighted by Gasteiger charge is 2.41. The lowest BCUT2D eigenvalue weighted by Crippen LogP contribution is -2.38. The molecule has 0 heterocycles. The molecular formula is C16H26. The van der Waals surface area contributed by atoms with Crippen LogP contribution in [-0.2, 0) is 0 Å². The van der Waals surface area contributed by atoms with Crippen molar-refractivity contribution < 1.29 is 0 Å². The fourth-order valence-corrected chi connectivity index (χ4v) is 4.05. The molecule has 2 rings (SSSR count). The Morgan fingerprint density at radius 1 is 1.38 bits per heavy atom. The molecule has 1 fully saturated rings. The standard InChI is InChI=1S/C16H26/c1-5-7-13-12(2)9-10-15-14(13)8-6-11-16(15,3)4/h5,14-15H,1,6-11H2,2-4H3. The zero-order chi connectivity index (χ0) is 11.8. The lowest BCUT2D eigenvalue weighted by atomic mass is 9.57. The maximum atomic E-state index is 3.93. The van der Waals surface area contributed by atoms with Crippen LogP contribution >= 0.6 is 0 Å². The molecular weight excluding hydrogens is 192 g/mol.